The van der Waals surface area contributed by atoms with Crippen molar-refractivity contribution in [2.24, 2.45) is 10.7 Å². The van der Waals surface area contributed by atoms with Crippen LogP contribution in [0.25, 0.3) is 12.2 Å². The number of amides is 2. The number of carbonyl (C=O) groups excluding carboxylic acids is 2. The van der Waals surface area contributed by atoms with Gasteiger partial charge in [0, 0.05) is 12.2 Å². The summed E-state index contributed by atoms with van der Waals surface area (Å²) in [7, 11) is 0. The minimum atomic E-state index is -0.552. The van der Waals surface area contributed by atoms with Gasteiger partial charge in [-0.15, -0.1) is 0 Å². The smallest absolute Gasteiger partial charge is 0.272 e. The van der Waals surface area contributed by atoms with Crippen LogP contribution in [-0.2, 0) is 9.59 Å². The van der Waals surface area contributed by atoms with Crippen molar-refractivity contribution in [2.75, 3.05) is 0 Å². The summed E-state index contributed by atoms with van der Waals surface area (Å²) in [5.41, 5.74) is 7.29. The van der Waals surface area contributed by atoms with Crippen LogP contribution in [0.15, 0.2) is 77.8 Å². The second-order valence-corrected chi connectivity index (χ2v) is 4.81. The quantitative estimate of drug-likeness (QED) is 0.515. The Morgan fingerprint density at radius 3 is 1.88 bits per heavy atom. The number of hydrogen-bond donors (Lipinski definition) is 2. The van der Waals surface area contributed by atoms with Crippen LogP contribution in [0.5, 0.6) is 0 Å². The molecule has 2 aromatic carbocycles. The molecule has 0 unspecified atom stereocenters. The molecule has 2 rings (SSSR count). The molecule has 0 aliphatic carbocycles. The van der Waals surface area contributed by atoms with Gasteiger partial charge in [0.1, 0.15) is 0 Å². The maximum atomic E-state index is 11.7. The molecule has 120 valence electrons. The zero-order chi connectivity index (χ0) is 17.2. The molecule has 0 aliphatic rings. The van der Waals surface area contributed by atoms with E-state index >= 15 is 0 Å². The molecule has 2 aromatic rings. The Labute approximate surface area is 140 Å². The number of aliphatic imine (C=N–C) groups is 1. The highest BCUT2D eigenvalue weighted by atomic mass is 16.2. The topological polar surface area (TPSA) is 84.5 Å². The van der Waals surface area contributed by atoms with E-state index in [1.165, 1.54) is 12.2 Å². The van der Waals surface area contributed by atoms with Gasteiger partial charge in [-0.1, -0.05) is 60.7 Å². The Hall–Kier alpha value is -3.47. The third-order valence-corrected chi connectivity index (χ3v) is 2.93. The molecule has 5 heteroatoms. The molecule has 3 N–H and O–H groups in total. The molecule has 0 radical (unpaired) electrons. The van der Waals surface area contributed by atoms with Gasteiger partial charge in [0.2, 0.25) is 5.96 Å². The van der Waals surface area contributed by atoms with Gasteiger partial charge in [0.05, 0.1) is 0 Å². The predicted octanol–water partition coefficient (Wildman–Crippen LogP) is 2.37. The van der Waals surface area contributed by atoms with E-state index in [1.807, 2.05) is 60.7 Å². The molecule has 0 spiro atoms. The first kappa shape index (κ1) is 16.9. The van der Waals surface area contributed by atoms with E-state index in [9.17, 15) is 9.59 Å². The van der Waals surface area contributed by atoms with Crippen LogP contribution in [0.4, 0.5) is 0 Å². The molecule has 0 bridgehead atoms. The molecule has 0 fully saturated rings. The first-order valence-corrected chi connectivity index (χ1v) is 7.29. The summed E-state index contributed by atoms with van der Waals surface area (Å²) in [5.74, 6) is -1.26. The molecular weight excluding hydrogens is 302 g/mol. The summed E-state index contributed by atoms with van der Waals surface area (Å²) in [4.78, 5) is 27.0. The molecule has 0 saturated carbocycles. The second-order valence-electron chi connectivity index (χ2n) is 4.81. The van der Waals surface area contributed by atoms with Crippen molar-refractivity contribution in [3.63, 3.8) is 0 Å². The molecule has 0 atom stereocenters. The Morgan fingerprint density at radius 1 is 0.833 bits per heavy atom. The molecule has 0 heterocycles. The van der Waals surface area contributed by atoms with E-state index in [1.54, 1.807) is 12.2 Å². The number of nitrogens with zero attached hydrogens (tertiary/aromatic N) is 1. The number of benzene rings is 2. The number of nitrogens with one attached hydrogen (secondary N) is 1. The number of rotatable bonds is 4. The number of nitrogens with two attached hydrogens (primary N) is 1. The standard InChI is InChI=1S/C19H17N3O2/c20-19(21-17(23)13-11-15-7-3-1-4-8-15)22-18(24)14-12-16-9-5-2-6-10-16/h1-14H,(H3,20,21,22,23,24). The number of carbonyl (C=O) groups is 2. The lowest BCUT2D eigenvalue weighted by atomic mass is 10.2. The molecule has 24 heavy (non-hydrogen) atoms. The predicted molar refractivity (Wildman–Crippen MR) is 95.7 cm³/mol. The highest BCUT2D eigenvalue weighted by molar-refractivity contribution is 6.08. The second kappa shape index (κ2) is 8.85. The van der Waals surface area contributed by atoms with Crippen molar-refractivity contribution in [1.82, 2.24) is 5.32 Å². The molecule has 5 nitrogen and oxygen atoms in total. The zero-order valence-electron chi connectivity index (χ0n) is 12.9. The van der Waals surface area contributed by atoms with E-state index < -0.39 is 11.8 Å². The lowest BCUT2D eigenvalue weighted by Crippen LogP contribution is -2.36. The number of guanidine groups is 1. The summed E-state index contributed by atoms with van der Waals surface area (Å²) >= 11 is 0. The summed E-state index contributed by atoms with van der Waals surface area (Å²) < 4.78 is 0. The Morgan fingerprint density at radius 2 is 1.33 bits per heavy atom. The molecule has 0 aromatic heterocycles. The van der Waals surface area contributed by atoms with Gasteiger partial charge >= 0.3 is 0 Å². The van der Waals surface area contributed by atoms with E-state index in [0.29, 0.717) is 0 Å². The van der Waals surface area contributed by atoms with Crippen LogP contribution in [0.3, 0.4) is 0 Å². The maximum absolute atomic E-state index is 11.7. The fourth-order valence-electron chi connectivity index (χ4n) is 1.82. The van der Waals surface area contributed by atoms with Crippen LogP contribution in [-0.4, -0.2) is 17.8 Å². The van der Waals surface area contributed by atoms with E-state index in [2.05, 4.69) is 10.3 Å². The lowest BCUT2D eigenvalue weighted by Gasteiger charge is -1.99. The van der Waals surface area contributed by atoms with Crippen LogP contribution >= 0.6 is 0 Å². The van der Waals surface area contributed by atoms with Crippen molar-refractivity contribution >= 4 is 29.9 Å². The average Bonchev–Trinajstić information content (AvgIpc) is 2.60. The van der Waals surface area contributed by atoms with Crippen LogP contribution in [0.1, 0.15) is 11.1 Å². The molecular formula is C19H17N3O2. The van der Waals surface area contributed by atoms with E-state index in [0.717, 1.165) is 11.1 Å². The third-order valence-electron chi connectivity index (χ3n) is 2.93. The number of hydrogen-bond acceptors (Lipinski definition) is 2. The lowest BCUT2D eigenvalue weighted by molar-refractivity contribution is -0.115. The first-order valence-electron chi connectivity index (χ1n) is 7.29. The minimum absolute atomic E-state index is 0.250. The Bertz CT molecular complexity index is 779. The summed E-state index contributed by atoms with van der Waals surface area (Å²) in [6.45, 7) is 0. The molecule has 2 amide bonds. The fourth-order valence-corrected chi connectivity index (χ4v) is 1.82. The Kier molecular flexibility index (Phi) is 6.23. The highest BCUT2D eigenvalue weighted by Crippen LogP contribution is 2.01. The van der Waals surface area contributed by atoms with E-state index in [4.69, 9.17) is 5.73 Å². The Balaban J connectivity index is 1.88. The average molecular weight is 319 g/mol. The largest absolute Gasteiger partial charge is 0.369 e. The normalized spacial score (nSPS) is 11.8. The van der Waals surface area contributed by atoms with Crippen molar-refractivity contribution < 1.29 is 9.59 Å². The van der Waals surface area contributed by atoms with Crippen molar-refractivity contribution in [3.8, 4) is 0 Å². The van der Waals surface area contributed by atoms with Gasteiger partial charge in [-0.05, 0) is 23.3 Å². The monoisotopic (exact) mass is 319 g/mol. The van der Waals surface area contributed by atoms with E-state index in [-0.39, 0.29) is 5.96 Å². The van der Waals surface area contributed by atoms with Crippen LogP contribution in [0, 0.1) is 0 Å². The summed E-state index contributed by atoms with van der Waals surface area (Å²) in [6, 6.07) is 18.7. The minimum Gasteiger partial charge on any atom is -0.369 e. The van der Waals surface area contributed by atoms with Crippen molar-refractivity contribution in [1.29, 1.82) is 0 Å². The summed E-state index contributed by atoms with van der Waals surface area (Å²) in [5, 5.41) is 2.33. The van der Waals surface area contributed by atoms with Gasteiger partial charge in [-0.25, -0.2) is 0 Å². The van der Waals surface area contributed by atoms with Crippen LogP contribution < -0.4 is 11.1 Å². The van der Waals surface area contributed by atoms with Gasteiger partial charge < -0.3 is 5.73 Å². The summed E-state index contributed by atoms with van der Waals surface area (Å²) in [6.07, 6.45) is 5.87. The SMILES string of the molecule is NC(=NC(=O)C=Cc1ccccc1)NC(=O)C=Cc1ccccc1. The molecule has 0 saturated heterocycles. The van der Waals surface area contributed by atoms with Gasteiger partial charge in [-0.2, -0.15) is 4.99 Å². The van der Waals surface area contributed by atoms with Crippen molar-refractivity contribution in [3.05, 3.63) is 83.9 Å². The first-order chi connectivity index (χ1) is 11.6. The van der Waals surface area contributed by atoms with Gasteiger partial charge in [-0.3, -0.25) is 14.9 Å². The maximum Gasteiger partial charge on any atom is 0.272 e. The third kappa shape index (κ3) is 6.11. The van der Waals surface area contributed by atoms with Gasteiger partial charge in [0.25, 0.3) is 11.8 Å². The molecule has 0 aliphatic heterocycles. The zero-order valence-corrected chi connectivity index (χ0v) is 12.9. The van der Waals surface area contributed by atoms with Gasteiger partial charge in [0.15, 0.2) is 0 Å². The van der Waals surface area contributed by atoms with Crippen molar-refractivity contribution in [2.45, 2.75) is 0 Å². The fraction of sp³-hybridized carbons (Fsp3) is 0. The highest BCUT2D eigenvalue weighted by Gasteiger charge is 2.00. The van der Waals surface area contributed by atoms with Crippen LogP contribution in [0.2, 0.25) is 0 Å².